The van der Waals surface area contributed by atoms with Crippen LogP contribution in [0, 0.1) is 0 Å². The quantitative estimate of drug-likeness (QED) is 0.172. The molecule has 6 aromatic rings. The first-order valence-electron chi connectivity index (χ1n) is 16.0. The van der Waals surface area contributed by atoms with Crippen LogP contribution in [-0.2, 0) is 26.2 Å². The Morgan fingerprint density at radius 2 is 0.585 bits per heavy atom. The summed E-state index contributed by atoms with van der Waals surface area (Å²) in [7, 11) is 0. The first-order chi connectivity index (χ1) is 25.3. The van der Waals surface area contributed by atoms with Gasteiger partial charge in [0, 0.05) is 36.0 Å². The van der Waals surface area contributed by atoms with Crippen LogP contribution in [0.3, 0.4) is 0 Å². The van der Waals surface area contributed by atoms with Crippen molar-refractivity contribution >= 4 is 24.9 Å². The van der Waals surface area contributed by atoms with E-state index in [0.717, 1.165) is 0 Å². The van der Waals surface area contributed by atoms with Gasteiger partial charge in [0.15, 0.2) is 12.3 Å². The molecule has 0 unspecified atom stereocenters. The molecule has 0 amide bonds. The predicted octanol–water partition coefficient (Wildman–Crippen LogP) is 5.55. The van der Waals surface area contributed by atoms with Crippen LogP contribution in [0.25, 0.3) is 0 Å². The van der Waals surface area contributed by atoms with Crippen LogP contribution in [0.1, 0.15) is 45.7 Å². The molecular weight excluding hydrogens is 748 g/mol. The van der Waals surface area contributed by atoms with Crippen LogP contribution in [0.2, 0.25) is 0 Å². The number of nitrogens with zero attached hydrogens (tertiary/aromatic N) is 4. The van der Waals surface area contributed by atoms with E-state index in [0.29, 0.717) is 33.4 Å². The van der Waals surface area contributed by atoms with E-state index in [1.807, 2.05) is 0 Å². The molecule has 0 bridgehead atoms. The molecule has 0 atom stereocenters. The molecule has 0 saturated carbocycles. The molecule has 0 fully saturated rings. The zero-order chi connectivity index (χ0) is 36.7. The number of phenolic OH excluding ortho intramolecular Hbond substituents is 2. The molecule has 53 heavy (non-hydrogen) atoms. The van der Waals surface area contributed by atoms with Crippen LogP contribution in [0.5, 0.6) is 34.5 Å². The number of para-hydroxylation sites is 6. The third-order valence-electron chi connectivity index (χ3n) is 7.53. The summed E-state index contributed by atoms with van der Waals surface area (Å²) < 4.78 is 0. The van der Waals surface area contributed by atoms with Gasteiger partial charge in [0.05, 0.1) is 0 Å². The Morgan fingerprint density at radius 3 is 0.830 bits per heavy atom. The fourth-order valence-electron chi connectivity index (χ4n) is 4.76. The summed E-state index contributed by atoms with van der Waals surface area (Å²) in [5, 5.41) is 67.6. The van der Waals surface area contributed by atoms with Gasteiger partial charge in [0.25, 0.3) is 0 Å². The number of aromatic hydroxyl groups is 2. The summed E-state index contributed by atoms with van der Waals surface area (Å²) in [4.78, 5) is 17.4. The number of benzene rings is 6. The van der Waals surface area contributed by atoms with Gasteiger partial charge in [-0.25, -0.2) is 0 Å². The van der Waals surface area contributed by atoms with Crippen LogP contribution in [0.15, 0.2) is 166 Å². The molecule has 0 spiro atoms. The molecular formula is C42H32N4O6Zr. The number of hydrogen-bond donors (Lipinski definition) is 2. The summed E-state index contributed by atoms with van der Waals surface area (Å²) >= 11 is 0. The van der Waals surface area contributed by atoms with Crippen molar-refractivity contribution in [2.75, 3.05) is 0 Å². The van der Waals surface area contributed by atoms with Crippen LogP contribution in [0.4, 0.5) is 0 Å². The molecule has 0 aliphatic rings. The smallest absolute Gasteiger partial charge is 0.872 e. The van der Waals surface area contributed by atoms with E-state index in [-0.39, 0.29) is 60.7 Å². The van der Waals surface area contributed by atoms with E-state index in [2.05, 4.69) is 20.0 Å². The van der Waals surface area contributed by atoms with E-state index in [1.54, 1.807) is 109 Å². The molecule has 260 valence electrons. The van der Waals surface area contributed by atoms with Gasteiger partial charge in [-0.1, -0.05) is 133 Å². The summed E-state index contributed by atoms with van der Waals surface area (Å²) in [6, 6.07) is 39.4. The molecule has 0 radical (unpaired) electrons. The van der Waals surface area contributed by atoms with E-state index in [1.165, 1.54) is 61.3 Å². The van der Waals surface area contributed by atoms with Gasteiger partial charge >= 0.3 is 26.2 Å². The molecule has 6 aromatic carbocycles. The van der Waals surface area contributed by atoms with Gasteiger partial charge in [0.1, 0.15) is 11.5 Å². The maximum absolute atomic E-state index is 11.8. The third kappa shape index (κ3) is 11.3. The van der Waals surface area contributed by atoms with Crippen molar-refractivity contribution in [3.63, 3.8) is 0 Å². The maximum Gasteiger partial charge on any atom is 4.00 e. The van der Waals surface area contributed by atoms with E-state index < -0.39 is 12.3 Å². The van der Waals surface area contributed by atoms with Gasteiger partial charge in [-0.3, -0.25) is 20.0 Å². The number of aliphatic imine (C=N–C) groups is 4. The van der Waals surface area contributed by atoms with E-state index in [4.69, 9.17) is 0 Å². The Labute approximate surface area is 326 Å². The number of rotatable bonds is 10. The monoisotopic (exact) mass is 778 g/mol. The Balaban J connectivity index is 0.000000232. The first kappa shape index (κ1) is 39.5. The fourth-order valence-corrected chi connectivity index (χ4v) is 4.76. The second kappa shape index (κ2) is 19.9. The second-order valence-electron chi connectivity index (χ2n) is 11.1. The Hall–Kier alpha value is -6.32. The summed E-state index contributed by atoms with van der Waals surface area (Å²) in [5.74, 6) is -0.528. The predicted molar refractivity (Wildman–Crippen MR) is 196 cm³/mol. The van der Waals surface area contributed by atoms with Crippen LogP contribution in [-0.4, -0.2) is 35.1 Å². The molecule has 0 aliphatic carbocycles. The molecule has 6 rings (SSSR count). The zero-order valence-corrected chi connectivity index (χ0v) is 30.6. The molecule has 10 nitrogen and oxygen atoms in total. The molecule has 0 aliphatic heterocycles. The fraction of sp³-hybridized carbons (Fsp3) is 0.0476. The van der Waals surface area contributed by atoms with Crippen molar-refractivity contribution in [3.8, 4) is 34.5 Å². The average molecular weight is 780 g/mol. The van der Waals surface area contributed by atoms with Crippen molar-refractivity contribution in [1.29, 1.82) is 0 Å². The summed E-state index contributed by atoms with van der Waals surface area (Å²) in [6.07, 6.45) is 4.16. The average Bonchev–Trinajstić information content (AvgIpc) is 3.15. The minimum absolute atomic E-state index is 0. The maximum atomic E-state index is 11.8. The molecule has 0 heterocycles. The topological polar surface area (TPSA) is 182 Å². The van der Waals surface area contributed by atoms with Gasteiger partial charge < -0.3 is 30.6 Å². The number of hydrogen-bond acceptors (Lipinski definition) is 10. The standard InChI is InChI=1S/2C21H18N2O3.Zr/c2*24-18-10-4-1-7-15(18)13-22-21(17-9-3-6-12-20(17)26)23-14-16-8-2-5-11-19(16)25;/h2*1-14,21,24-26H;/q;;+4/p-4/b2*22-13+,23-14+;. The van der Waals surface area contributed by atoms with Crippen molar-refractivity contribution in [2.24, 2.45) is 20.0 Å². The minimum Gasteiger partial charge on any atom is -0.872 e. The zero-order valence-electron chi connectivity index (χ0n) is 28.1. The van der Waals surface area contributed by atoms with Crippen LogP contribution < -0.4 is 20.4 Å². The van der Waals surface area contributed by atoms with Crippen molar-refractivity contribution in [1.82, 2.24) is 0 Å². The summed E-state index contributed by atoms with van der Waals surface area (Å²) in [6.45, 7) is 0. The minimum atomic E-state index is -0.782. The second-order valence-corrected chi connectivity index (χ2v) is 11.1. The van der Waals surface area contributed by atoms with Crippen molar-refractivity contribution < 1.29 is 56.8 Å². The Morgan fingerprint density at radius 1 is 0.358 bits per heavy atom. The first-order valence-corrected chi connectivity index (χ1v) is 16.0. The molecule has 0 saturated heterocycles. The normalized spacial score (nSPS) is 11.4. The van der Waals surface area contributed by atoms with E-state index in [9.17, 15) is 30.6 Å². The molecule has 2 N–H and O–H groups in total. The van der Waals surface area contributed by atoms with Gasteiger partial charge in [-0.15, -0.1) is 23.0 Å². The Kier molecular flexibility index (Phi) is 14.8. The van der Waals surface area contributed by atoms with Crippen molar-refractivity contribution in [2.45, 2.75) is 12.3 Å². The van der Waals surface area contributed by atoms with Crippen molar-refractivity contribution in [3.05, 3.63) is 179 Å². The number of phenols is 2. The molecule has 0 aromatic heterocycles. The van der Waals surface area contributed by atoms with Gasteiger partial charge in [-0.2, -0.15) is 0 Å². The summed E-state index contributed by atoms with van der Waals surface area (Å²) in [5.41, 5.74) is 2.65. The largest absolute Gasteiger partial charge is 4.00 e. The SMILES string of the molecule is [O-]c1ccccc1/C=N/C(/N=C/c1ccccc1[O-])c1ccccc1O.[O-]c1ccccc1/C=N/C(/N=C/c1ccccc1[O-])c1ccccc1O.[Zr+4]. The Bertz CT molecular complexity index is 1960. The molecule has 11 heteroatoms. The van der Waals surface area contributed by atoms with Gasteiger partial charge in [-0.05, 0) is 34.4 Å². The third-order valence-corrected chi connectivity index (χ3v) is 7.53. The van der Waals surface area contributed by atoms with Crippen LogP contribution >= 0.6 is 0 Å². The van der Waals surface area contributed by atoms with Gasteiger partial charge in [0.2, 0.25) is 0 Å². The van der Waals surface area contributed by atoms with E-state index >= 15 is 0 Å².